The quantitative estimate of drug-likeness (QED) is 0.819. The van der Waals surface area contributed by atoms with Gasteiger partial charge in [-0.1, -0.05) is 0 Å². The minimum atomic E-state index is 0.486. The molecule has 6 heteroatoms. The van der Waals surface area contributed by atoms with Crippen LogP contribution in [0.2, 0.25) is 0 Å². The van der Waals surface area contributed by atoms with E-state index in [0.717, 1.165) is 17.2 Å². The van der Waals surface area contributed by atoms with Crippen molar-refractivity contribution < 1.29 is 0 Å². The average molecular weight is 235 g/mol. The molecule has 0 saturated carbocycles. The predicted molar refractivity (Wildman–Crippen MR) is 66.8 cm³/mol. The topological polar surface area (TPSA) is 68.2 Å². The van der Waals surface area contributed by atoms with Gasteiger partial charge in [0.25, 0.3) is 0 Å². The first kappa shape index (κ1) is 9.77. The van der Waals surface area contributed by atoms with Crippen molar-refractivity contribution in [3.63, 3.8) is 0 Å². The number of thioether (sulfide) groups is 1. The zero-order chi connectivity index (χ0) is 11.0. The number of fused-ring (bicyclic) bond motifs is 1. The third-order valence-corrected chi connectivity index (χ3v) is 3.83. The van der Waals surface area contributed by atoms with Crippen molar-refractivity contribution in [2.24, 2.45) is 0 Å². The number of nitrogens with zero attached hydrogens (tertiary/aromatic N) is 3. The highest BCUT2D eigenvalue weighted by Gasteiger charge is 2.17. The van der Waals surface area contributed by atoms with Crippen molar-refractivity contribution in [1.82, 2.24) is 14.4 Å². The average Bonchev–Trinajstić information content (AvgIpc) is 2.87. The second-order valence-electron chi connectivity index (χ2n) is 3.88. The number of imidazole rings is 1. The van der Waals surface area contributed by atoms with Crippen LogP contribution < -0.4 is 11.1 Å². The number of hydrogen-bond donors (Lipinski definition) is 2. The lowest BCUT2D eigenvalue weighted by Gasteiger charge is -2.12. The molecule has 0 radical (unpaired) electrons. The molecule has 84 valence electrons. The van der Waals surface area contributed by atoms with Crippen LogP contribution in [0.5, 0.6) is 0 Å². The van der Waals surface area contributed by atoms with Crippen LogP contribution in [0.1, 0.15) is 6.42 Å². The van der Waals surface area contributed by atoms with E-state index in [1.165, 1.54) is 12.2 Å². The van der Waals surface area contributed by atoms with E-state index in [1.807, 2.05) is 22.4 Å². The summed E-state index contributed by atoms with van der Waals surface area (Å²) < 4.78 is 1.90. The van der Waals surface area contributed by atoms with E-state index in [2.05, 4.69) is 15.3 Å². The lowest BCUT2D eigenvalue weighted by atomic mass is 10.2. The molecule has 3 rings (SSSR count). The van der Waals surface area contributed by atoms with Crippen molar-refractivity contribution in [2.75, 3.05) is 22.6 Å². The molecular formula is C10H13N5S. The highest BCUT2D eigenvalue weighted by atomic mass is 32.2. The van der Waals surface area contributed by atoms with Crippen LogP contribution in [0.4, 0.5) is 11.6 Å². The Morgan fingerprint density at radius 1 is 1.56 bits per heavy atom. The Balaban J connectivity index is 1.97. The maximum absolute atomic E-state index is 5.75. The molecule has 0 amide bonds. The van der Waals surface area contributed by atoms with Gasteiger partial charge in [-0.05, 0) is 12.2 Å². The van der Waals surface area contributed by atoms with E-state index in [1.54, 1.807) is 12.4 Å². The van der Waals surface area contributed by atoms with Gasteiger partial charge in [-0.2, -0.15) is 11.8 Å². The fraction of sp³-hybridized carbons (Fsp3) is 0.400. The number of aromatic nitrogens is 3. The first-order valence-corrected chi connectivity index (χ1v) is 6.42. The fourth-order valence-corrected chi connectivity index (χ4v) is 3.04. The van der Waals surface area contributed by atoms with Crippen LogP contribution in [-0.2, 0) is 0 Å². The lowest BCUT2D eigenvalue weighted by Crippen LogP contribution is -2.20. The number of anilines is 2. The lowest BCUT2D eigenvalue weighted by molar-refractivity contribution is 0.806. The van der Waals surface area contributed by atoms with Gasteiger partial charge in [0.05, 0.1) is 6.20 Å². The molecule has 3 heterocycles. The van der Waals surface area contributed by atoms with Crippen molar-refractivity contribution in [2.45, 2.75) is 12.5 Å². The van der Waals surface area contributed by atoms with Gasteiger partial charge in [-0.15, -0.1) is 0 Å². The Bertz CT molecular complexity index is 503. The molecule has 2 aromatic rings. The summed E-state index contributed by atoms with van der Waals surface area (Å²) in [7, 11) is 0. The summed E-state index contributed by atoms with van der Waals surface area (Å²) in [5.41, 5.74) is 6.59. The van der Waals surface area contributed by atoms with Crippen molar-refractivity contribution in [1.29, 1.82) is 0 Å². The largest absolute Gasteiger partial charge is 0.382 e. The SMILES string of the molecule is Nc1cn2ccnc2c(NC2CCSC2)n1. The molecule has 1 fully saturated rings. The standard InChI is InChI=1S/C10H13N5S/c11-8-5-15-3-2-12-10(15)9(14-8)13-7-1-4-16-6-7/h2-3,5,7H,1,4,6,11H2,(H,13,14). The Kier molecular flexibility index (Phi) is 2.36. The molecule has 2 aromatic heterocycles. The third kappa shape index (κ3) is 1.69. The van der Waals surface area contributed by atoms with Crippen molar-refractivity contribution >= 4 is 29.0 Å². The molecular weight excluding hydrogens is 222 g/mol. The Morgan fingerprint density at radius 2 is 2.50 bits per heavy atom. The molecule has 0 spiro atoms. The highest BCUT2D eigenvalue weighted by molar-refractivity contribution is 7.99. The molecule has 1 saturated heterocycles. The number of nitrogen functional groups attached to an aromatic ring is 1. The van der Waals surface area contributed by atoms with Crippen LogP contribution in [-0.4, -0.2) is 31.9 Å². The molecule has 0 aliphatic carbocycles. The van der Waals surface area contributed by atoms with Crippen LogP contribution >= 0.6 is 11.8 Å². The molecule has 1 aliphatic rings. The number of rotatable bonds is 2. The van der Waals surface area contributed by atoms with Crippen LogP contribution in [0, 0.1) is 0 Å². The van der Waals surface area contributed by atoms with E-state index in [-0.39, 0.29) is 0 Å². The summed E-state index contributed by atoms with van der Waals surface area (Å²) in [5, 5.41) is 3.42. The smallest absolute Gasteiger partial charge is 0.180 e. The molecule has 1 aliphatic heterocycles. The van der Waals surface area contributed by atoms with E-state index in [9.17, 15) is 0 Å². The van der Waals surface area contributed by atoms with Gasteiger partial charge in [0.15, 0.2) is 11.5 Å². The fourth-order valence-electron chi connectivity index (χ4n) is 1.89. The van der Waals surface area contributed by atoms with E-state index < -0.39 is 0 Å². The normalized spacial score (nSPS) is 20.4. The minimum Gasteiger partial charge on any atom is -0.382 e. The van der Waals surface area contributed by atoms with Gasteiger partial charge in [0.2, 0.25) is 0 Å². The van der Waals surface area contributed by atoms with Gasteiger partial charge in [-0.25, -0.2) is 9.97 Å². The van der Waals surface area contributed by atoms with Crippen LogP contribution in [0.25, 0.3) is 5.65 Å². The van der Waals surface area contributed by atoms with Crippen molar-refractivity contribution in [3.8, 4) is 0 Å². The van der Waals surface area contributed by atoms with Gasteiger partial charge in [0.1, 0.15) is 5.82 Å². The second kappa shape index (κ2) is 3.86. The van der Waals surface area contributed by atoms with Gasteiger partial charge in [-0.3, -0.25) is 0 Å². The van der Waals surface area contributed by atoms with Crippen molar-refractivity contribution in [3.05, 3.63) is 18.6 Å². The predicted octanol–water partition coefficient (Wildman–Crippen LogP) is 1.23. The monoisotopic (exact) mass is 235 g/mol. The summed E-state index contributed by atoms with van der Waals surface area (Å²) in [4.78, 5) is 8.59. The van der Waals surface area contributed by atoms with E-state index in [0.29, 0.717) is 11.9 Å². The summed E-state index contributed by atoms with van der Waals surface area (Å²) in [6.07, 6.45) is 6.58. The summed E-state index contributed by atoms with van der Waals surface area (Å²) >= 11 is 1.96. The Morgan fingerprint density at radius 3 is 3.31 bits per heavy atom. The molecule has 0 bridgehead atoms. The first-order chi connectivity index (χ1) is 7.83. The minimum absolute atomic E-state index is 0.486. The van der Waals surface area contributed by atoms with Gasteiger partial charge >= 0.3 is 0 Å². The third-order valence-electron chi connectivity index (χ3n) is 2.66. The molecule has 5 nitrogen and oxygen atoms in total. The summed E-state index contributed by atoms with van der Waals surface area (Å²) in [5.74, 6) is 3.64. The molecule has 1 atom stereocenters. The number of nitrogens with two attached hydrogens (primary N) is 1. The van der Waals surface area contributed by atoms with E-state index in [4.69, 9.17) is 5.73 Å². The molecule has 16 heavy (non-hydrogen) atoms. The van der Waals surface area contributed by atoms with Gasteiger partial charge in [0, 0.05) is 24.2 Å². The first-order valence-electron chi connectivity index (χ1n) is 5.26. The number of hydrogen-bond acceptors (Lipinski definition) is 5. The van der Waals surface area contributed by atoms with E-state index >= 15 is 0 Å². The highest BCUT2D eigenvalue weighted by Crippen LogP contribution is 2.22. The van der Waals surface area contributed by atoms with Gasteiger partial charge < -0.3 is 15.5 Å². The zero-order valence-corrected chi connectivity index (χ0v) is 9.57. The molecule has 3 N–H and O–H groups in total. The molecule has 1 unspecified atom stereocenters. The zero-order valence-electron chi connectivity index (χ0n) is 8.76. The molecule has 0 aromatic carbocycles. The maximum atomic E-state index is 5.75. The van der Waals surface area contributed by atoms with Crippen LogP contribution in [0.3, 0.4) is 0 Å². The summed E-state index contributed by atoms with van der Waals surface area (Å²) in [6, 6.07) is 0.486. The summed E-state index contributed by atoms with van der Waals surface area (Å²) in [6.45, 7) is 0. The van der Waals surface area contributed by atoms with Crippen LogP contribution in [0.15, 0.2) is 18.6 Å². The maximum Gasteiger partial charge on any atom is 0.180 e. The Labute approximate surface area is 97.5 Å². The Hall–Kier alpha value is -1.43. The second-order valence-corrected chi connectivity index (χ2v) is 5.03. The number of nitrogens with one attached hydrogen (secondary N) is 1.